The molecule has 3 heterocycles. The van der Waals surface area contributed by atoms with Gasteiger partial charge in [0.05, 0.1) is 25.9 Å². The fourth-order valence-electron chi connectivity index (χ4n) is 3.34. The van der Waals surface area contributed by atoms with Crippen molar-refractivity contribution < 1.29 is 9.47 Å². The lowest BCUT2D eigenvalue weighted by Gasteiger charge is -2.33. The quantitative estimate of drug-likeness (QED) is 0.819. The van der Waals surface area contributed by atoms with Gasteiger partial charge in [0.15, 0.2) is 0 Å². The zero-order valence-corrected chi connectivity index (χ0v) is 15.4. The van der Waals surface area contributed by atoms with Crippen LogP contribution < -0.4 is 4.90 Å². The van der Waals surface area contributed by atoms with E-state index < -0.39 is 0 Å². The lowest BCUT2D eigenvalue weighted by atomic mass is 10.1. The van der Waals surface area contributed by atoms with Crippen molar-refractivity contribution in [3.8, 4) is 0 Å². The first-order valence-corrected chi connectivity index (χ1v) is 9.39. The molecule has 0 saturated carbocycles. The number of hydrogen-bond acceptors (Lipinski definition) is 6. The van der Waals surface area contributed by atoms with Gasteiger partial charge in [-0.05, 0) is 17.7 Å². The summed E-state index contributed by atoms with van der Waals surface area (Å²) in [7, 11) is 0. The van der Waals surface area contributed by atoms with Gasteiger partial charge < -0.3 is 14.4 Å². The second-order valence-corrected chi connectivity index (χ2v) is 7.07. The van der Waals surface area contributed by atoms with Gasteiger partial charge in [-0.15, -0.1) is 0 Å². The predicted octanol–water partition coefficient (Wildman–Crippen LogP) is 2.54. The van der Waals surface area contributed by atoms with Gasteiger partial charge in [-0.25, -0.2) is 9.97 Å². The smallest absolute Gasteiger partial charge is 0.225 e. The summed E-state index contributed by atoms with van der Waals surface area (Å²) in [4.78, 5) is 13.6. The lowest BCUT2D eigenvalue weighted by molar-refractivity contribution is -0.0329. The van der Waals surface area contributed by atoms with Crippen molar-refractivity contribution in [2.45, 2.75) is 12.6 Å². The van der Waals surface area contributed by atoms with Crippen LogP contribution in [0.4, 0.5) is 5.95 Å². The number of benzene rings is 1. The highest BCUT2D eigenvalue weighted by molar-refractivity contribution is 6.30. The summed E-state index contributed by atoms with van der Waals surface area (Å²) in [5, 5.41) is 0.749. The summed E-state index contributed by atoms with van der Waals surface area (Å²) in [6, 6.07) is 7.91. The Balaban J connectivity index is 1.36. The topological polar surface area (TPSA) is 50.7 Å². The summed E-state index contributed by atoms with van der Waals surface area (Å²) >= 11 is 5.98. The van der Waals surface area contributed by atoms with Crippen molar-refractivity contribution in [2.24, 2.45) is 0 Å². The van der Waals surface area contributed by atoms with E-state index in [2.05, 4.69) is 19.8 Å². The second-order valence-electron chi connectivity index (χ2n) is 6.64. The molecule has 2 saturated heterocycles. The van der Waals surface area contributed by atoms with Crippen LogP contribution >= 0.6 is 11.6 Å². The molecule has 1 aromatic carbocycles. The standard InChI is InChI=1S/C19H23ClN4O2/c20-17-3-1-16(2-4-17)18-14-23(5-10-26-18)13-15-11-21-19(22-12-15)24-6-8-25-9-7-24/h1-4,11-12,18H,5-10,13-14H2/t18-/m1/s1. The predicted molar refractivity (Wildman–Crippen MR) is 100 cm³/mol. The molecule has 2 fully saturated rings. The molecule has 0 N–H and O–H groups in total. The zero-order valence-electron chi connectivity index (χ0n) is 14.7. The van der Waals surface area contributed by atoms with E-state index in [-0.39, 0.29) is 6.10 Å². The summed E-state index contributed by atoms with van der Waals surface area (Å²) < 4.78 is 11.3. The Morgan fingerprint density at radius 1 is 1.00 bits per heavy atom. The van der Waals surface area contributed by atoms with Crippen LogP contribution in [0.3, 0.4) is 0 Å². The number of morpholine rings is 2. The van der Waals surface area contributed by atoms with Gasteiger partial charge in [0.25, 0.3) is 0 Å². The Kier molecular flexibility index (Phi) is 5.65. The van der Waals surface area contributed by atoms with Crippen molar-refractivity contribution in [2.75, 3.05) is 50.9 Å². The van der Waals surface area contributed by atoms with E-state index in [0.717, 1.165) is 74.6 Å². The van der Waals surface area contributed by atoms with Crippen LogP contribution in [0, 0.1) is 0 Å². The van der Waals surface area contributed by atoms with Gasteiger partial charge in [-0.3, -0.25) is 4.90 Å². The highest BCUT2D eigenvalue weighted by Crippen LogP contribution is 2.24. The highest BCUT2D eigenvalue weighted by atomic mass is 35.5. The number of ether oxygens (including phenoxy) is 2. The molecule has 0 unspecified atom stereocenters. The van der Waals surface area contributed by atoms with Crippen molar-refractivity contribution >= 4 is 17.5 Å². The molecule has 0 aliphatic carbocycles. The summed E-state index contributed by atoms with van der Waals surface area (Å²) in [5.41, 5.74) is 2.29. The molecule has 2 aromatic rings. The van der Waals surface area contributed by atoms with Gasteiger partial charge in [-0.2, -0.15) is 0 Å². The SMILES string of the molecule is Clc1ccc([C@H]2CN(Cc3cnc(N4CCOCC4)nc3)CCO2)cc1. The third-order valence-electron chi connectivity index (χ3n) is 4.78. The Morgan fingerprint density at radius 2 is 1.73 bits per heavy atom. The van der Waals surface area contributed by atoms with Gasteiger partial charge in [0, 0.05) is 55.7 Å². The zero-order chi connectivity index (χ0) is 17.8. The number of rotatable bonds is 4. The molecule has 0 spiro atoms. The molecule has 2 aliphatic rings. The fraction of sp³-hybridized carbons (Fsp3) is 0.474. The average Bonchev–Trinajstić information content (AvgIpc) is 2.70. The fourth-order valence-corrected chi connectivity index (χ4v) is 3.47. The minimum absolute atomic E-state index is 0.0783. The van der Waals surface area contributed by atoms with Crippen molar-refractivity contribution in [3.63, 3.8) is 0 Å². The molecule has 7 heteroatoms. The number of halogens is 1. The Bertz CT molecular complexity index is 704. The molecule has 1 atom stereocenters. The first-order chi connectivity index (χ1) is 12.8. The molecule has 6 nitrogen and oxygen atoms in total. The van der Waals surface area contributed by atoms with Gasteiger partial charge in [-0.1, -0.05) is 23.7 Å². The monoisotopic (exact) mass is 374 g/mol. The van der Waals surface area contributed by atoms with E-state index in [1.54, 1.807) is 0 Å². The van der Waals surface area contributed by atoms with E-state index in [1.165, 1.54) is 0 Å². The van der Waals surface area contributed by atoms with E-state index in [1.807, 2.05) is 36.7 Å². The molecular formula is C19H23ClN4O2. The molecule has 0 amide bonds. The lowest BCUT2D eigenvalue weighted by Crippen LogP contribution is -2.38. The number of nitrogens with zero attached hydrogens (tertiary/aromatic N) is 4. The van der Waals surface area contributed by atoms with Crippen LogP contribution in [0.2, 0.25) is 5.02 Å². The molecule has 138 valence electrons. The van der Waals surface area contributed by atoms with Crippen LogP contribution in [0.5, 0.6) is 0 Å². The van der Waals surface area contributed by atoms with E-state index in [4.69, 9.17) is 21.1 Å². The third kappa shape index (κ3) is 4.32. The molecule has 2 aliphatic heterocycles. The average molecular weight is 375 g/mol. The van der Waals surface area contributed by atoms with Crippen molar-refractivity contribution in [3.05, 3.63) is 52.8 Å². The van der Waals surface area contributed by atoms with E-state index >= 15 is 0 Å². The molecule has 1 aromatic heterocycles. The second kappa shape index (κ2) is 8.31. The van der Waals surface area contributed by atoms with Crippen molar-refractivity contribution in [1.82, 2.24) is 14.9 Å². The molecule has 0 bridgehead atoms. The van der Waals surface area contributed by atoms with Crippen LogP contribution in [0.15, 0.2) is 36.7 Å². The van der Waals surface area contributed by atoms with Gasteiger partial charge >= 0.3 is 0 Å². The maximum atomic E-state index is 5.98. The largest absolute Gasteiger partial charge is 0.378 e. The van der Waals surface area contributed by atoms with E-state index in [9.17, 15) is 0 Å². The number of hydrogen-bond donors (Lipinski definition) is 0. The van der Waals surface area contributed by atoms with Gasteiger partial charge in [0.1, 0.15) is 0 Å². The summed E-state index contributed by atoms with van der Waals surface area (Å²) in [6.07, 6.45) is 3.95. The summed E-state index contributed by atoms with van der Waals surface area (Å²) in [6.45, 7) is 6.51. The van der Waals surface area contributed by atoms with Crippen LogP contribution in [-0.2, 0) is 16.0 Å². The van der Waals surface area contributed by atoms with Crippen LogP contribution in [0.25, 0.3) is 0 Å². The number of anilines is 1. The van der Waals surface area contributed by atoms with Crippen molar-refractivity contribution in [1.29, 1.82) is 0 Å². The maximum Gasteiger partial charge on any atom is 0.225 e. The normalized spacial score (nSPS) is 21.7. The Labute approximate surface area is 158 Å². The molecule has 26 heavy (non-hydrogen) atoms. The Morgan fingerprint density at radius 3 is 2.46 bits per heavy atom. The molecular weight excluding hydrogens is 352 g/mol. The van der Waals surface area contributed by atoms with Crippen LogP contribution in [-0.4, -0.2) is 60.9 Å². The summed E-state index contributed by atoms with van der Waals surface area (Å²) in [5.74, 6) is 0.790. The maximum absolute atomic E-state index is 5.98. The highest BCUT2D eigenvalue weighted by Gasteiger charge is 2.22. The molecule has 0 radical (unpaired) electrons. The van der Waals surface area contributed by atoms with E-state index in [0.29, 0.717) is 0 Å². The minimum atomic E-state index is 0.0783. The Hall–Kier alpha value is -1.73. The molecule has 4 rings (SSSR count). The van der Waals surface area contributed by atoms with Gasteiger partial charge in [0.2, 0.25) is 5.95 Å². The first-order valence-electron chi connectivity index (χ1n) is 9.01. The number of aromatic nitrogens is 2. The first kappa shape index (κ1) is 17.7. The minimum Gasteiger partial charge on any atom is -0.378 e. The third-order valence-corrected chi connectivity index (χ3v) is 5.04. The van der Waals surface area contributed by atoms with Crippen LogP contribution in [0.1, 0.15) is 17.2 Å².